The first-order valence-electron chi connectivity index (χ1n) is 4.30. The molecular formula is C10H11N3O. The first kappa shape index (κ1) is 10.3. The van der Waals surface area contributed by atoms with Gasteiger partial charge in [0, 0.05) is 11.3 Å². The van der Waals surface area contributed by atoms with Gasteiger partial charge in [-0.3, -0.25) is 4.79 Å². The lowest BCUT2D eigenvalue weighted by Gasteiger charge is -1.99. The van der Waals surface area contributed by atoms with Gasteiger partial charge in [0.2, 0.25) is 0 Å². The molecule has 0 heterocycles. The number of ketones is 1. The first-order valence-corrected chi connectivity index (χ1v) is 4.30. The topological polar surface area (TPSA) is 65.8 Å². The third-order valence-electron chi connectivity index (χ3n) is 1.79. The molecule has 0 aliphatic rings. The van der Waals surface area contributed by atoms with E-state index >= 15 is 0 Å². The zero-order valence-corrected chi connectivity index (χ0v) is 7.97. The van der Waals surface area contributed by atoms with Gasteiger partial charge in [-0.25, -0.2) is 0 Å². The fourth-order valence-electron chi connectivity index (χ4n) is 1.22. The number of azide groups is 1. The van der Waals surface area contributed by atoms with Crippen LogP contribution in [0.2, 0.25) is 0 Å². The summed E-state index contributed by atoms with van der Waals surface area (Å²) in [6, 6.07) is 7.72. The monoisotopic (exact) mass is 189 g/mol. The maximum atomic E-state index is 11.2. The third-order valence-corrected chi connectivity index (χ3v) is 1.79. The Morgan fingerprint density at radius 3 is 3.00 bits per heavy atom. The van der Waals surface area contributed by atoms with Crippen molar-refractivity contribution in [3.05, 3.63) is 45.8 Å². The number of carbonyl (C=O) groups excluding carboxylic acids is 1. The second kappa shape index (κ2) is 5.04. The van der Waals surface area contributed by atoms with E-state index in [9.17, 15) is 4.79 Å². The molecule has 0 saturated heterocycles. The molecule has 0 amide bonds. The lowest BCUT2D eigenvalue weighted by molar-refractivity contribution is -0.117. The van der Waals surface area contributed by atoms with Gasteiger partial charge in [0.25, 0.3) is 0 Å². The number of hydrogen-bond donors (Lipinski definition) is 0. The zero-order valence-electron chi connectivity index (χ0n) is 7.97. The second-order valence-corrected chi connectivity index (χ2v) is 3.09. The highest BCUT2D eigenvalue weighted by Gasteiger charge is 2.01. The minimum Gasteiger partial charge on any atom is -0.299 e. The normalized spacial score (nSPS) is 9.21. The standard InChI is InChI=1S/C10H11N3O/c1-8-3-2-4-9(5-8)6-10(14)7-12-13-11/h2-5H,6-7H2,1H3. The van der Waals surface area contributed by atoms with Crippen molar-refractivity contribution in [2.24, 2.45) is 5.11 Å². The fourth-order valence-corrected chi connectivity index (χ4v) is 1.22. The van der Waals surface area contributed by atoms with Gasteiger partial charge < -0.3 is 0 Å². The Morgan fingerprint density at radius 2 is 2.36 bits per heavy atom. The summed E-state index contributed by atoms with van der Waals surface area (Å²) < 4.78 is 0. The number of rotatable bonds is 4. The molecule has 14 heavy (non-hydrogen) atoms. The number of carbonyl (C=O) groups is 1. The van der Waals surface area contributed by atoms with E-state index < -0.39 is 0 Å². The van der Waals surface area contributed by atoms with E-state index in [1.807, 2.05) is 31.2 Å². The lowest BCUT2D eigenvalue weighted by Crippen LogP contribution is -2.05. The van der Waals surface area contributed by atoms with Crippen molar-refractivity contribution in [1.29, 1.82) is 0 Å². The minimum atomic E-state index is -0.0650. The summed E-state index contributed by atoms with van der Waals surface area (Å²) in [5.74, 6) is -0.0617. The first-order chi connectivity index (χ1) is 6.72. The largest absolute Gasteiger partial charge is 0.299 e. The summed E-state index contributed by atoms with van der Waals surface area (Å²) in [6.07, 6.45) is 0.334. The average Bonchev–Trinajstić information content (AvgIpc) is 2.15. The molecule has 0 atom stereocenters. The van der Waals surface area contributed by atoms with Crippen LogP contribution < -0.4 is 0 Å². The summed E-state index contributed by atoms with van der Waals surface area (Å²) in [7, 11) is 0. The molecule has 0 saturated carbocycles. The van der Waals surface area contributed by atoms with Gasteiger partial charge in [-0.05, 0) is 18.0 Å². The van der Waals surface area contributed by atoms with Crippen molar-refractivity contribution in [2.75, 3.05) is 6.54 Å². The van der Waals surface area contributed by atoms with Crippen LogP contribution in [0.3, 0.4) is 0 Å². The van der Waals surface area contributed by atoms with Gasteiger partial charge in [-0.2, -0.15) is 0 Å². The molecule has 72 valence electrons. The van der Waals surface area contributed by atoms with Crippen LogP contribution in [0.1, 0.15) is 11.1 Å². The Morgan fingerprint density at radius 1 is 1.57 bits per heavy atom. The van der Waals surface area contributed by atoms with E-state index in [2.05, 4.69) is 10.0 Å². The summed E-state index contributed by atoms with van der Waals surface area (Å²) in [5.41, 5.74) is 10.1. The van der Waals surface area contributed by atoms with Crippen LogP contribution in [0.25, 0.3) is 10.4 Å². The number of aryl methyl sites for hydroxylation is 1. The fraction of sp³-hybridized carbons (Fsp3) is 0.300. The van der Waals surface area contributed by atoms with Crippen molar-refractivity contribution >= 4 is 5.78 Å². The van der Waals surface area contributed by atoms with Gasteiger partial charge >= 0.3 is 0 Å². The Bertz CT molecular complexity index is 381. The highest BCUT2D eigenvalue weighted by molar-refractivity contribution is 5.82. The molecule has 0 aliphatic carbocycles. The van der Waals surface area contributed by atoms with E-state index in [1.54, 1.807) is 0 Å². The van der Waals surface area contributed by atoms with Gasteiger partial charge in [0.1, 0.15) is 5.78 Å². The molecule has 0 unspecified atom stereocenters. The molecule has 4 heteroatoms. The van der Waals surface area contributed by atoms with Crippen LogP contribution >= 0.6 is 0 Å². The van der Waals surface area contributed by atoms with Crippen molar-refractivity contribution in [1.82, 2.24) is 0 Å². The van der Waals surface area contributed by atoms with Crippen LogP contribution in [0, 0.1) is 6.92 Å². The third kappa shape index (κ3) is 3.29. The van der Waals surface area contributed by atoms with E-state index in [0.717, 1.165) is 11.1 Å². The van der Waals surface area contributed by atoms with Crippen molar-refractivity contribution in [2.45, 2.75) is 13.3 Å². The van der Waals surface area contributed by atoms with E-state index in [0.29, 0.717) is 6.42 Å². The smallest absolute Gasteiger partial charge is 0.143 e. The highest BCUT2D eigenvalue weighted by Crippen LogP contribution is 2.05. The van der Waals surface area contributed by atoms with Gasteiger partial charge in [-0.15, -0.1) is 0 Å². The maximum absolute atomic E-state index is 11.2. The van der Waals surface area contributed by atoms with E-state index in [1.165, 1.54) is 0 Å². The molecule has 1 aromatic rings. The van der Waals surface area contributed by atoms with Crippen LogP contribution in [0.5, 0.6) is 0 Å². The molecule has 1 rings (SSSR count). The summed E-state index contributed by atoms with van der Waals surface area (Å²) in [6.45, 7) is 1.91. The molecule has 0 aliphatic heterocycles. The lowest BCUT2D eigenvalue weighted by atomic mass is 10.1. The molecule has 0 aromatic heterocycles. The molecule has 0 fully saturated rings. The van der Waals surface area contributed by atoms with Crippen LogP contribution in [-0.2, 0) is 11.2 Å². The quantitative estimate of drug-likeness (QED) is 0.407. The molecule has 0 spiro atoms. The van der Waals surface area contributed by atoms with Gasteiger partial charge in [0.05, 0.1) is 6.54 Å². The van der Waals surface area contributed by atoms with E-state index in [4.69, 9.17) is 5.53 Å². The highest BCUT2D eigenvalue weighted by atomic mass is 16.1. The van der Waals surface area contributed by atoms with Crippen LogP contribution in [-0.4, -0.2) is 12.3 Å². The van der Waals surface area contributed by atoms with Crippen molar-refractivity contribution < 1.29 is 4.79 Å². The molecule has 0 N–H and O–H groups in total. The second-order valence-electron chi connectivity index (χ2n) is 3.09. The Labute approximate surface area is 82.2 Å². The number of nitrogens with zero attached hydrogens (tertiary/aromatic N) is 3. The van der Waals surface area contributed by atoms with Gasteiger partial charge in [-0.1, -0.05) is 34.9 Å². The van der Waals surface area contributed by atoms with Gasteiger partial charge in [0.15, 0.2) is 0 Å². The Balaban J connectivity index is 2.60. The van der Waals surface area contributed by atoms with Crippen LogP contribution in [0.4, 0.5) is 0 Å². The predicted octanol–water partition coefficient (Wildman–Crippen LogP) is 2.42. The Kier molecular flexibility index (Phi) is 3.70. The number of Topliss-reactive ketones (excluding diaryl/α,β-unsaturated/α-hetero) is 1. The maximum Gasteiger partial charge on any atom is 0.143 e. The molecule has 4 nitrogen and oxygen atoms in total. The van der Waals surface area contributed by atoms with E-state index in [-0.39, 0.29) is 12.3 Å². The SMILES string of the molecule is Cc1cccc(CC(=O)CN=[N+]=[N-])c1. The summed E-state index contributed by atoms with van der Waals surface area (Å²) in [5, 5.41) is 3.22. The molecule has 0 bridgehead atoms. The van der Waals surface area contributed by atoms with Crippen molar-refractivity contribution in [3.63, 3.8) is 0 Å². The zero-order chi connectivity index (χ0) is 10.4. The minimum absolute atomic E-state index is 0.0617. The molecular weight excluding hydrogens is 178 g/mol. The number of benzene rings is 1. The predicted molar refractivity (Wildman–Crippen MR) is 53.9 cm³/mol. The van der Waals surface area contributed by atoms with Crippen molar-refractivity contribution in [3.8, 4) is 0 Å². The number of hydrogen-bond acceptors (Lipinski definition) is 2. The average molecular weight is 189 g/mol. The molecule has 0 radical (unpaired) electrons. The van der Waals surface area contributed by atoms with Crippen LogP contribution in [0.15, 0.2) is 29.4 Å². The summed E-state index contributed by atoms with van der Waals surface area (Å²) >= 11 is 0. The molecule has 1 aromatic carbocycles. The Hall–Kier alpha value is -1.80. The summed E-state index contributed by atoms with van der Waals surface area (Å²) in [4.78, 5) is 13.8.